The van der Waals surface area contributed by atoms with Crippen molar-refractivity contribution in [3.63, 3.8) is 0 Å². The van der Waals surface area contributed by atoms with Gasteiger partial charge in [-0.1, -0.05) is 13.8 Å². The van der Waals surface area contributed by atoms with E-state index in [9.17, 15) is 0 Å². The number of thiophene rings is 1. The highest BCUT2D eigenvalue weighted by Gasteiger charge is 2.07. The number of rotatable bonds is 9. The molecule has 0 fully saturated rings. The molecule has 134 valence electrons. The highest BCUT2D eigenvalue weighted by Crippen LogP contribution is 2.14. The molecule has 0 saturated heterocycles. The average Bonchev–Trinajstić information content (AvgIpc) is 2.93. The number of hydrogen-bond acceptors (Lipinski definition) is 3. The maximum atomic E-state index is 4.32. The van der Waals surface area contributed by atoms with Crippen molar-refractivity contribution in [2.75, 3.05) is 26.7 Å². The molecule has 23 heavy (non-hydrogen) atoms. The maximum absolute atomic E-state index is 4.32. The Labute approximate surface area is 163 Å². The molecular weight excluding hydrogens is 419 g/mol. The van der Waals surface area contributed by atoms with E-state index in [1.807, 2.05) is 7.05 Å². The zero-order valence-electron chi connectivity index (χ0n) is 15.2. The molecule has 4 nitrogen and oxygen atoms in total. The molecule has 0 saturated carbocycles. The van der Waals surface area contributed by atoms with Crippen molar-refractivity contribution in [1.29, 1.82) is 0 Å². The lowest BCUT2D eigenvalue weighted by molar-refractivity contribution is 0.292. The van der Waals surface area contributed by atoms with Crippen LogP contribution in [0.2, 0.25) is 0 Å². The summed E-state index contributed by atoms with van der Waals surface area (Å²) in [6, 6.07) is 2.60. The van der Waals surface area contributed by atoms with E-state index in [1.165, 1.54) is 23.4 Å². The molecule has 0 aliphatic heterocycles. The van der Waals surface area contributed by atoms with Crippen LogP contribution in [0.15, 0.2) is 16.4 Å². The second-order valence-electron chi connectivity index (χ2n) is 5.67. The van der Waals surface area contributed by atoms with Crippen molar-refractivity contribution in [2.24, 2.45) is 4.99 Å². The predicted molar refractivity (Wildman–Crippen MR) is 114 cm³/mol. The summed E-state index contributed by atoms with van der Waals surface area (Å²) in [6.07, 6.45) is 2.38. The maximum Gasteiger partial charge on any atom is 0.191 e. The largest absolute Gasteiger partial charge is 0.354 e. The van der Waals surface area contributed by atoms with E-state index in [-0.39, 0.29) is 24.0 Å². The standard InChI is InChI=1S/C17H32N4S.HI/c1-6-21(7-2)11-8-9-15(4)20-17(18-5)19-13-16-14(3)10-12-22-16;/h10,12,15H,6-9,11,13H2,1-5H3,(H2,18,19,20);1H. The van der Waals surface area contributed by atoms with Crippen LogP contribution in [0.5, 0.6) is 0 Å². The molecule has 0 spiro atoms. The molecule has 0 radical (unpaired) electrons. The van der Waals surface area contributed by atoms with E-state index in [2.05, 4.69) is 59.7 Å². The number of guanidine groups is 1. The van der Waals surface area contributed by atoms with Crippen molar-refractivity contribution < 1.29 is 0 Å². The van der Waals surface area contributed by atoms with Crippen molar-refractivity contribution in [3.8, 4) is 0 Å². The molecule has 0 bridgehead atoms. The van der Waals surface area contributed by atoms with Crippen LogP contribution in [0.4, 0.5) is 0 Å². The van der Waals surface area contributed by atoms with Gasteiger partial charge in [0.15, 0.2) is 5.96 Å². The van der Waals surface area contributed by atoms with Gasteiger partial charge in [0, 0.05) is 18.0 Å². The van der Waals surface area contributed by atoms with Gasteiger partial charge in [-0.15, -0.1) is 35.3 Å². The summed E-state index contributed by atoms with van der Waals surface area (Å²) in [4.78, 5) is 8.17. The Morgan fingerprint density at radius 1 is 1.35 bits per heavy atom. The average molecular weight is 452 g/mol. The van der Waals surface area contributed by atoms with Crippen molar-refractivity contribution in [3.05, 3.63) is 21.9 Å². The number of aryl methyl sites for hydroxylation is 1. The Bertz CT molecular complexity index is 444. The van der Waals surface area contributed by atoms with Crippen LogP contribution < -0.4 is 10.6 Å². The number of aliphatic imine (C=N–C) groups is 1. The molecule has 0 aliphatic rings. The molecule has 1 aromatic rings. The van der Waals surface area contributed by atoms with Gasteiger partial charge in [-0.25, -0.2) is 0 Å². The van der Waals surface area contributed by atoms with E-state index < -0.39 is 0 Å². The van der Waals surface area contributed by atoms with Crippen LogP contribution in [0.1, 0.15) is 44.1 Å². The zero-order valence-corrected chi connectivity index (χ0v) is 18.3. The summed E-state index contributed by atoms with van der Waals surface area (Å²) in [5.74, 6) is 0.892. The van der Waals surface area contributed by atoms with Gasteiger partial charge in [-0.2, -0.15) is 0 Å². The number of nitrogens with one attached hydrogen (secondary N) is 2. The lowest BCUT2D eigenvalue weighted by Crippen LogP contribution is -2.42. The van der Waals surface area contributed by atoms with Gasteiger partial charge in [-0.05, 0) is 63.3 Å². The number of halogens is 1. The third-order valence-electron chi connectivity index (χ3n) is 4.00. The molecule has 1 aromatic heterocycles. The lowest BCUT2D eigenvalue weighted by atomic mass is 10.2. The molecular formula is C17H33IN4S. The third-order valence-corrected chi connectivity index (χ3v) is 5.02. The Morgan fingerprint density at radius 3 is 2.57 bits per heavy atom. The quantitative estimate of drug-likeness (QED) is 0.340. The first-order valence-electron chi connectivity index (χ1n) is 8.33. The fraction of sp³-hybridized carbons (Fsp3) is 0.706. The monoisotopic (exact) mass is 452 g/mol. The van der Waals surface area contributed by atoms with Gasteiger partial charge < -0.3 is 15.5 Å². The molecule has 6 heteroatoms. The summed E-state index contributed by atoms with van der Waals surface area (Å²) in [6.45, 7) is 13.1. The first kappa shape index (κ1) is 22.7. The second kappa shape index (κ2) is 13.0. The number of nitrogens with zero attached hydrogens (tertiary/aromatic N) is 2. The van der Waals surface area contributed by atoms with Gasteiger partial charge in [0.05, 0.1) is 6.54 Å². The minimum atomic E-state index is 0. The third kappa shape index (κ3) is 8.91. The van der Waals surface area contributed by atoms with E-state index in [0.717, 1.165) is 32.0 Å². The zero-order chi connectivity index (χ0) is 16.4. The fourth-order valence-corrected chi connectivity index (χ4v) is 3.26. The van der Waals surface area contributed by atoms with Crippen LogP contribution in [0.3, 0.4) is 0 Å². The van der Waals surface area contributed by atoms with Gasteiger partial charge in [0.25, 0.3) is 0 Å². The molecule has 1 unspecified atom stereocenters. The van der Waals surface area contributed by atoms with Gasteiger partial charge in [0.2, 0.25) is 0 Å². The Morgan fingerprint density at radius 2 is 2.04 bits per heavy atom. The summed E-state index contributed by atoms with van der Waals surface area (Å²) < 4.78 is 0. The SMILES string of the molecule is CCN(CC)CCCC(C)NC(=NC)NCc1sccc1C.I. The van der Waals surface area contributed by atoms with Gasteiger partial charge >= 0.3 is 0 Å². The topological polar surface area (TPSA) is 39.7 Å². The van der Waals surface area contributed by atoms with Crippen LogP contribution >= 0.6 is 35.3 Å². The molecule has 1 atom stereocenters. The summed E-state index contributed by atoms with van der Waals surface area (Å²) in [5, 5.41) is 9.02. The number of hydrogen-bond donors (Lipinski definition) is 2. The Hall–Kier alpha value is -0.340. The van der Waals surface area contributed by atoms with Crippen molar-refractivity contribution in [1.82, 2.24) is 15.5 Å². The summed E-state index contributed by atoms with van der Waals surface area (Å²) in [5.41, 5.74) is 1.35. The van der Waals surface area contributed by atoms with Gasteiger partial charge in [0.1, 0.15) is 0 Å². The molecule has 1 rings (SSSR count). The van der Waals surface area contributed by atoms with E-state index in [1.54, 1.807) is 11.3 Å². The van der Waals surface area contributed by atoms with E-state index in [0.29, 0.717) is 6.04 Å². The van der Waals surface area contributed by atoms with E-state index in [4.69, 9.17) is 0 Å². The van der Waals surface area contributed by atoms with Crippen molar-refractivity contribution >= 4 is 41.3 Å². The highest BCUT2D eigenvalue weighted by molar-refractivity contribution is 14.0. The van der Waals surface area contributed by atoms with Crippen molar-refractivity contribution in [2.45, 2.75) is 53.1 Å². The summed E-state index contributed by atoms with van der Waals surface area (Å²) >= 11 is 1.79. The second-order valence-corrected chi connectivity index (χ2v) is 6.67. The summed E-state index contributed by atoms with van der Waals surface area (Å²) in [7, 11) is 1.83. The first-order valence-corrected chi connectivity index (χ1v) is 9.21. The Balaban J connectivity index is 0.00000484. The predicted octanol–water partition coefficient (Wildman–Crippen LogP) is 3.85. The minimum absolute atomic E-state index is 0. The molecule has 0 amide bonds. The van der Waals surface area contributed by atoms with Crippen LogP contribution in [0.25, 0.3) is 0 Å². The minimum Gasteiger partial charge on any atom is -0.354 e. The first-order chi connectivity index (χ1) is 10.6. The molecule has 2 N–H and O–H groups in total. The molecule has 0 aromatic carbocycles. The normalized spacial score (nSPS) is 12.9. The van der Waals surface area contributed by atoms with Crippen LogP contribution in [-0.2, 0) is 6.54 Å². The fourth-order valence-electron chi connectivity index (χ4n) is 2.41. The lowest BCUT2D eigenvalue weighted by Gasteiger charge is -2.21. The molecule has 1 heterocycles. The van der Waals surface area contributed by atoms with Crippen LogP contribution in [-0.4, -0.2) is 43.6 Å². The smallest absolute Gasteiger partial charge is 0.191 e. The Kier molecular flexibility index (Phi) is 12.8. The molecule has 0 aliphatic carbocycles. The van der Waals surface area contributed by atoms with Crippen LogP contribution in [0, 0.1) is 6.92 Å². The highest BCUT2D eigenvalue weighted by atomic mass is 127. The van der Waals surface area contributed by atoms with E-state index >= 15 is 0 Å². The van der Waals surface area contributed by atoms with Gasteiger partial charge in [-0.3, -0.25) is 4.99 Å².